The van der Waals surface area contributed by atoms with Gasteiger partial charge in [0.25, 0.3) is 0 Å². The van der Waals surface area contributed by atoms with Crippen molar-refractivity contribution in [3.05, 3.63) is 10.0 Å². The van der Waals surface area contributed by atoms with E-state index in [0.29, 0.717) is 6.04 Å². The van der Waals surface area contributed by atoms with Crippen LogP contribution in [0.4, 0.5) is 0 Å². The number of hydrogen-bond donors (Lipinski definition) is 1. The summed E-state index contributed by atoms with van der Waals surface area (Å²) in [6, 6.07) is 0.364. The highest BCUT2D eigenvalue weighted by Gasteiger charge is 2.21. The van der Waals surface area contributed by atoms with Crippen LogP contribution in [0.1, 0.15) is 57.1 Å². The Morgan fingerprint density at radius 2 is 1.93 bits per heavy atom. The lowest BCUT2D eigenvalue weighted by atomic mass is 9.98. The van der Waals surface area contributed by atoms with Gasteiger partial charge in [-0.1, -0.05) is 46.0 Å². The average molecular weight is 227 g/mol. The first-order chi connectivity index (χ1) is 6.99. The lowest BCUT2D eigenvalue weighted by molar-refractivity contribution is 0.529. The summed E-state index contributed by atoms with van der Waals surface area (Å²) in [4.78, 5) is 0. The number of hydrogen-bond acceptors (Lipinski definition) is 4. The van der Waals surface area contributed by atoms with Crippen LogP contribution in [0.5, 0.6) is 0 Å². The second kappa shape index (κ2) is 5.03. The van der Waals surface area contributed by atoms with Crippen molar-refractivity contribution in [3.63, 3.8) is 0 Å². The molecule has 0 spiro atoms. The molecule has 86 valence electrons. The third-order valence-electron chi connectivity index (χ3n) is 2.24. The molecule has 1 N–H and O–H groups in total. The second-order valence-corrected chi connectivity index (χ2v) is 5.72. The molecule has 4 heteroatoms. The molecule has 1 heterocycles. The van der Waals surface area contributed by atoms with Gasteiger partial charge in [0.2, 0.25) is 0 Å². The van der Waals surface area contributed by atoms with E-state index in [9.17, 15) is 0 Å². The van der Waals surface area contributed by atoms with Gasteiger partial charge < -0.3 is 5.32 Å². The minimum absolute atomic E-state index is 0.112. The van der Waals surface area contributed by atoms with E-state index in [4.69, 9.17) is 0 Å². The summed E-state index contributed by atoms with van der Waals surface area (Å²) >= 11 is 1.73. The Labute approximate surface area is 96.3 Å². The third kappa shape index (κ3) is 3.24. The van der Waals surface area contributed by atoms with Crippen LogP contribution in [-0.2, 0) is 5.41 Å². The molecule has 1 atom stereocenters. The normalized spacial score (nSPS) is 14.2. The molecule has 0 bridgehead atoms. The molecular formula is C11H21N3S. The zero-order chi connectivity index (χ0) is 11.5. The van der Waals surface area contributed by atoms with E-state index in [0.717, 1.165) is 23.0 Å². The Kier molecular flexibility index (Phi) is 4.22. The first kappa shape index (κ1) is 12.6. The van der Waals surface area contributed by atoms with Gasteiger partial charge in [0.15, 0.2) is 0 Å². The van der Waals surface area contributed by atoms with Gasteiger partial charge >= 0.3 is 0 Å². The molecule has 0 saturated carbocycles. The van der Waals surface area contributed by atoms with E-state index in [1.165, 1.54) is 0 Å². The first-order valence-corrected chi connectivity index (χ1v) is 6.38. The molecule has 3 nitrogen and oxygen atoms in total. The number of aromatic nitrogens is 2. The van der Waals surface area contributed by atoms with Crippen molar-refractivity contribution in [3.8, 4) is 0 Å². The summed E-state index contributed by atoms with van der Waals surface area (Å²) in [5.74, 6) is 0. The Morgan fingerprint density at radius 1 is 1.27 bits per heavy atom. The molecule has 0 saturated heterocycles. The van der Waals surface area contributed by atoms with Crippen molar-refractivity contribution in [2.75, 3.05) is 6.54 Å². The highest BCUT2D eigenvalue weighted by molar-refractivity contribution is 7.11. The maximum Gasteiger partial charge on any atom is 0.134 e. The maximum atomic E-state index is 4.28. The minimum atomic E-state index is 0.112. The summed E-state index contributed by atoms with van der Waals surface area (Å²) < 4.78 is 0. The van der Waals surface area contributed by atoms with Crippen LogP contribution in [-0.4, -0.2) is 16.7 Å². The van der Waals surface area contributed by atoms with Crippen LogP contribution in [0, 0.1) is 0 Å². The van der Waals surface area contributed by atoms with Gasteiger partial charge in [0.05, 0.1) is 6.04 Å². The molecule has 1 aromatic heterocycles. The van der Waals surface area contributed by atoms with Crippen molar-refractivity contribution in [2.24, 2.45) is 0 Å². The summed E-state index contributed by atoms with van der Waals surface area (Å²) in [6.45, 7) is 11.8. The first-order valence-electron chi connectivity index (χ1n) is 5.56. The lowest BCUT2D eigenvalue weighted by Crippen LogP contribution is -2.19. The van der Waals surface area contributed by atoms with E-state index in [2.05, 4.69) is 50.1 Å². The number of rotatable bonds is 4. The highest BCUT2D eigenvalue weighted by Crippen LogP contribution is 2.28. The van der Waals surface area contributed by atoms with E-state index in [1.807, 2.05) is 0 Å². The molecule has 15 heavy (non-hydrogen) atoms. The van der Waals surface area contributed by atoms with Gasteiger partial charge in [-0.05, 0) is 13.0 Å². The molecule has 0 fully saturated rings. The number of nitrogens with zero attached hydrogens (tertiary/aromatic N) is 2. The Bertz CT molecular complexity index is 301. The van der Waals surface area contributed by atoms with Gasteiger partial charge in [0.1, 0.15) is 10.0 Å². The summed E-state index contributed by atoms with van der Waals surface area (Å²) in [5.41, 5.74) is 0.112. The topological polar surface area (TPSA) is 37.8 Å². The van der Waals surface area contributed by atoms with Crippen molar-refractivity contribution < 1.29 is 0 Å². The molecule has 0 aromatic carbocycles. The zero-order valence-corrected chi connectivity index (χ0v) is 11.1. The fourth-order valence-corrected chi connectivity index (χ4v) is 2.39. The lowest BCUT2D eigenvalue weighted by Gasteiger charge is -2.13. The van der Waals surface area contributed by atoms with Crippen LogP contribution in [0.2, 0.25) is 0 Å². The third-order valence-corrected chi connectivity index (χ3v) is 3.70. The van der Waals surface area contributed by atoms with Gasteiger partial charge in [-0.25, -0.2) is 0 Å². The SMILES string of the molecule is CCNC(CC)c1nnc(C(C)(C)C)s1. The summed E-state index contributed by atoms with van der Waals surface area (Å²) in [5, 5.41) is 14.2. The summed E-state index contributed by atoms with van der Waals surface area (Å²) in [7, 11) is 0. The molecular weight excluding hydrogens is 206 g/mol. The van der Waals surface area contributed by atoms with Crippen LogP contribution in [0.3, 0.4) is 0 Å². The van der Waals surface area contributed by atoms with Crippen molar-refractivity contribution in [2.45, 2.75) is 52.5 Å². The van der Waals surface area contributed by atoms with Crippen molar-refractivity contribution >= 4 is 11.3 Å². The van der Waals surface area contributed by atoms with E-state index in [1.54, 1.807) is 11.3 Å². The monoisotopic (exact) mass is 227 g/mol. The largest absolute Gasteiger partial charge is 0.308 e. The Hall–Kier alpha value is -0.480. The Balaban J connectivity index is 2.82. The second-order valence-electron chi connectivity index (χ2n) is 4.71. The predicted octanol–water partition coefficient (Wildman–Crippen LogP) is 2.90. The van der Waals surface area contributed by atoms with Crippen LogP contribution in [0.15, 0.2) is 0 Å². The fraction of sp³-hybridized carbons (Fsp3) is 0.818. The van der Waals surface area contributed by atoms with Crippen LogP contribution < -0.4 is 5.32 Å². The van der Waals surface area contributed by atoms with E-state index < -0.39 is 0 Å². The number of nitrogens with one attached hydrogen (secondary N) is 1. The van der Waals surface area contributed by atoms with Crippen molar-refractivity contribution in [1.29, 1.82) is 0 Å². The van der Waals surface area contributed by atoms with Crippen LogP contribution in [0.25, 0.3) is 0 Å². The van der Waals surface area contributed by atoms with Crippen molar-refractivity contribution in [1.82, 2.24) is 15.5 Å². The van der Waals surface area contributed by atoms with E-state index >= 15 is 0 Å². The van der Waals surface area contributed by atoms with Gasteiger partial charge in [-0.15, -0.1) is 10.2 Å². The molecule has 1 unspecified atom stereocenters. The maximum absolute atomic E-state index is 4.28. The molecule has 0 radical (unpaired) electrons. The smallest absolute Gasteiger partial charge is 0.134 e. The zero-order valence-electron chi connectivity index (χ0n) is 10.3. The van der Waals surface area contributed by atoms with Gasteiger partial charge in [-0.2, -0.15) is 0 Å². The molecule has 0 aliphatic carbocycles. The molecule has 1 aromatic rings. The molecule has 1 rings (SSSR count). The summed E-state index contributed by atoms with van der Waals surface area (Å²) in [6.07, 6.45) is 1.06. The van der Waals surface area contributed by atoms with Gasteiger partial charge in [-0.3, -0.25) is 0 Å². The van der Waals surface area contributed by atoms with Gasteiger partial charge in [0, 0.05) is 5.41 Å². The molecule has 0 aliphatic rings. The standard InChI is InChI=1S/C11H21N3S/c1-6-8(12-7-2)9-13-14-10(15-9)11(3,4)5/h8,12H,6-7H2,1-5H3. The predicted molar refractivity (Wildman–Crippen MR) is 65.3 cm³/mol. The Morgan fingerprint density at radius 3 is 2.33 bits per heavy atom. The quantitative estimate of drug-likeness (QED) is 0.859. The minimum Gasteiger partial charge on any atom is -0.308 e. The molecule has 0 aliphatic heterocycles. The average Bonchev–Trinajstić information content (AvgIpc) is 2.62. The van der Waals surface area contributed by atoms with E-state index in [-0.39, 0.29) is 5.41 Å². The van der Waals surface area contributed by atoms with Crippen LogP contribution >= 0.6 is 11.3 Å². The fourth-order valence-electron chi connectivity index (χ4n) is 1.33. The molecule has 0 amide bonds. The highest BCUT2D eigenvalue weighted by atomic mass is 32.1.